The minimum absolute atomic E-state index is 0.0316. The molecule has 1 N–H and O–H groups in total. The van der Waals surface area contributed by atoms with Crippen LogP contribution in [-0.2, 0) is 26.3 Å². The van der Waals surface area contributed by atoms with E-state index in [0.29, 0.717) is 27.9 Å². The highest BCUT2D eigenvalue weighted by atomic mass is 35.5. The van der Waals surface area contributed by atoms with Crippen molar-refractivity contribution in [3.8, 4) is 0 Å². The lowest BCUT2D eigenvalue weighted by Crippen LogP contribution is -2.52. The Morgan fingerprint density at radius 1 is 1.09 bits per heavy atom. The van der Waals surface area contributed by atoms with Crippen molar-refractivity contribution in [1.29, 1.82) is 0 Å². The van der Waals surface area contributed by atoms with Crippen LogP contribution in [0.4, 0.5) is 10.1 Å². The molecule has 0 aliphatic carbocycles. The summed E-state index contributed by atoms with van der Waals surface area (Å²) in [6, 6.07) is 11.1. The number of carbonyl (C=O) groups is 2. The van der Waals surface area contributed by atoms with Crippen molar-refractivity contribution >= 4 is 39.3 Å². The van der Waals surface area contributed by atoms with Gasteiger partial charge in [-0.15, -0.1) is 0 Å². The zero-order valence-electron chi connectivity index (χ0n) is 19.7. The first-order valence-electron chi connectivity index (χ1n) is 10.7. The van der Waals surface area contributed by atoms with Crippen molar-refractivity contribution in [2.45, 2.75) is 32.9 Å². The fourth-order valence-electron chi connectivity index (χ4n) is 3.12. The number of nitrogens with zero attached hydrogens (tertiary/aromatic N) is 3. The summed E-state index contributed by atoms with van der Waals surface area (Å²) < 4.78 is 42.2. The van der Waals surface area contributed by atoms with Gasteiger partial charge in [0.05, 0.1) is 5.69 Å². The zero-order chi connectivity index (χ0) is 25.5. The van der Waals surface area contributed by atoms with Gasteiger partial charge in [-0.1, -0.05) is 42.8 Å². The van der Waals surface area contributed by atoms with Crippen LogP contribution in [-0.4, -0.2) is 62.7 Å². The Bertz CT molecular complexity index is 1100. The second kappa shape index (κ2) is 12.1. The lowest BCUT2D eigenvalue weighted by Gasteiger charge is -2.33. The molecule has 0 aliphatic rings. The van der Waals surface area contributed by atoms with E-state index in [4.69, 9.17) is 11.6 Å². The maximum Gasteiger partial charge on any atom is 0.304 e. The van der Waals surface area contributed by atoms with Gasteiger partial charge in [-0.2, -0.15) is 12.7 Å². The molecule has 0 unspecified atom stereocenters. The summed E-state index contributed by atoms with van der Waals surface area (Å²) >= 11 is 5.95. The van der Waals surface area contributed by atoms with Crippen LogP contribution in [0.5, 0.6) is 0 Å². The molecule has 2 rings (SSSR count). The first-order chi connectivity index (χ1) is 16.0. The molecule has 0 heterocycles. The van der Waals surface area contributed by atoms with E-state index in [2.05, 4.69) is 5.32 Å². The Kier molecular flexibility index (Phi) is 9.84. The number of hydrogen-bond donors (Lipinski definition) is 1. The van der Waals surface area contributed by atoms with E-state index < -0.39 is 34.5 Å². The highest BCUT2D eigenvalue weighted by molar-refractivity contribution is 7.90. The SMILES string of the molecule is CCCNC(=O)[C@H](C)N(Cc1ccc(Cl)cc1)C(=O)CN(c1ccccc1F)S(=O)(=O)N(C)C. The molecule has 0 saturated heterocycles. The van der Waals surface area contributed by atoms with E-state index in [1.54, 1.807) is 31.2 Å². The highest BCUT2D eigenvalue weighted by Gasteiger charge is 2.33. The van der Waals surface area contributed by atoms with Gasteiger partial charge in [0.25, 0.3) is 0 Å². The number of hydrogen-bond acceptors (Lipinski definition) is 4. The van der Waals surface area contributed by atoms with Gasteiger partial charge >= 0.3 is 10.2 Å². The summed E-state index contributed by atoms with van der Waals surface area (Å²) in [5.74, 6) is -1.83. The third kappa shape index (κ3) is 6.91. The number of halogens is 2. The quantitative estimate of drug-likeness (QED) is 0.501. The van der Waals surface area contributed by atoms with Crippen molar-refractivity contribution in [3.63, 3.8) is 0 Å². The predicted octanol–water partition coefficient (Wildman–Crippen LogP) is 3.04. The largest absolute Gasteiger partial charge is 0.354 e. The molecule has 0 fully saturated rings. The number of nitrogens with one attached hydrogen (secondary N) is 1. The Morgan fingerprint density at radius 2 is 1.71 bits per heavy atom. The van der Waals surface area contributed by atoms with Gasteiger partial charge in [0.15, 0.2) is 0 Å². The maximum absolute atomic E-state index is 14.6. The fourth-order valence-corrected chi connectivity index (χ4v) is 4.31. The van der Waals surface area contributed by atoms with Crippen LogP contribution in [0.1, 0.15) is 25.8 Å². The minimum Gasteiger partial charge on any atom is -0.354 e. The first-order valence-corrected chi connectivity index (χ1v) is 12.5. The molecular weight excluding hydrogens is 483 g/mol. The summed E-state index contributed by atoms with van der Waals surface area (Å²) in [4.78, 5) is 27.4. The normalized spacial score (nSPS) is 12.3. The van der Waals surface area contributed by atoms with Crippen LogP contribution in [0.15, 0.2) is 48.5 Å². The summed E-state index contributed by atoms with van der Waals surface area (Å²) in [7, 11) is -1.64. The highest BCUT2D eigenvalue weighted by Crippen LogP contribution is 2.24. The van der Waals surface area contributed by atoms with Crippen LogP contribution < -0.4 is 9.62 Å². The van der Waals surface area contributed by atoms with Crippen molar-refractivity contribution in [3.05, 3.63) is 64.9 Å². The van der Waals surface area contributed by atoms with Crippen LogP contribution >= 0.6 is 11.6 Å². The zero-order valence-corrected chi connectivity index (χ0v) is 21.2. The third-order valence-corrected chi connectivity index (χ3v) is 7.18. The molecular formula is C23H30ClFN4O4S. The van der Waals surface area contributed by atoms with Gasteiger partial charge in [-0.25, -0.2) is 8.70 Å². The van der Waals surface area contributed by atoms with Crippen LogP contribution in [0.2, 0.25) is 5.02 Å². The Hall–Kier alpha value is -2.69. The van der Waals surface area contributed by atoms with Gasteiger partial charge in [-0.05, 0) is 43.2 Å². The summed E-state index contributed by atoms with van der Waals surface area (Å²) in [5.41, 5.74) is 0.430. The van der Waals surface area contributed by atoms with Gasteiger partial charge in [0.1, 0.15) is 18.4 Å². The molecule has 1 atom stereocenters. The Labute approximate surface area is 205 Å². The molecule has 8 nitrogen and oxygen atoms in total. The molecule has 2 aromatic carbocycles. The second-order valence-electron chi connectivity index (χ2n) is 7.86. The lowest BCUT2D eigenvalue weighted by molar-refractivity contribution is -0.139. The van der Waals surface area contributed by atoms with Crippen LogP contribution in [0.25, 0.3) is 0 Å². The van der Waals surface area contributed by atoms with Gasteiger partial charge in [0.2, 0.25) is 11.8 Å². The van der Waals surface area contributed by atoms with E-state index in [-0.39, 0.29) is 18.1 Å². The van der Waals surface area contributed by atoms with E-state index in [1.165, 1.54) is 37.2 Å². The van der Waals surface area contributed by atoms with Crippen molar-refractivity contribution < 1.29 is 22.4 Å². The second-order valence-corrected chi connectivity index (χ2v) is 10.4. The predicted molar refractivity (Wildman–Crippen MR) is 131 cm³/mol. The van der Waals surface area contributed by atoms with E-state index in [9.17, 15) is 22.4 Å². The molecule has 2 aromatic rings. The van der Waals surface area contributed by atoms with Crippen LogP contribution in [0, 0.1) is 5.82 Å². The van der Waals surface area contributed by atoms with E-state index >= 15 is 0 Å². The Balaban J connectivity index is 2.44. The monoisotopic (exact) mass is 512 g/mol. The average Bonchev–Trinajstić information content (AvgIpc) is 2.80. The topological polar surface area (TPSA) is 90.0 Å². The molecule has 0 aliphatic heterocycles. The number of anilines is 1. The summed E-state index contributed by atoms with van der Waals surface area (Å²) in [6.07, 6.45) is 0.714. The molecule has 11 heteroatoms. The van der Waals surface area contributed by atoms with E-state index in [1.807, 2.05) is 6.92 Å². The molecule has 0 bridgehead atoms. The van der Waals surface area contributed by atoms with Crippen molar-refractivity contribution in [2.75, 3.05) is 31.5 Å². The third-order valence-electron chi connectivity index (χ3n) is 5.12. The van der Waals surface area contributed by atoms with Gasteiger partial charge in [-0.3, -0.25) is 9.59 Å². The number of carbonyl (C=O) groups excluding carboxylic acids is 2. The smallest absolute Gasteiger partial charge is 0.304 e. The molecule has 0 radical (unpaired) electrons. The molecule has 186 valence electrons. The number of amides is 2. The maximum atomic E-state index is 14.6. The number of rotatable bonds is 11. The van der Waals surface area contributed by atoms with E-state index in [0.717, 1.165) is 10.4 Å². The lowest BCUT2D eigenvalue weighted by atomic mass is 10.1. The standard InChI is InChI=1S/C23H30ClFN4O4S/c1-5-14-26-23(31)17(2)28(15-18-10-12-19(24)13-11-18)22(30)16-29(34(32,33)27(3)4)21-9-7-6-8-20(21)25/h6-13,17H,5,14-16H2,1-4H3,(H,26,31)/t17-/m0/s1. The molecule has 0 spiro atoms. The Morgan fingerprint density at radius 3 is 2.26 bits per heavy atom. The van der Waals surface area contributed by atoms with Crippen molar-refractivity contribution in [1.82, 2.24) is 14.5 Å². The van der Waals surface area contributed by atoms with Crippen molar-refractivity contribution in [2.24, 2.45) is 0 Å². The molecule has 2 amide bonds. The molecule has 0 saturated carbocycles. The summed E-state index contributed by atoms with van der Waals surface area (Å²) in [5, 5.41) is 3.26. The fraction of sp³-hybridized carbons (Fsp3) is 0.391. The number of para-hydroxylation sites is 1. The number of benzene rings is 2. The molecule has 34 heavy (non-hydrogen) atoms. The van der Waals surface area contributed by atoms with Gasteiger partial charge < -0.3 is 10.2 Å². The van der Waals surface area contributed by atoms with Crippen LogP contribution in [0.3, 0.4) is 0 Å². The minimum atomic E-state index is -4.22. The van der Waals surface area contributed by atoms with Gasteiger partial charge in [0, 0.05) is 32.2 Å². The first kappa shape index (κ1) is 27.6. The average molecular weight is 513 g/mol. The molecule has 0 aromatic heterocycles. The summed E-state index contributed by atoms with van der Waals surface area (Å²) in [6.45, 7) is 3.24.